The van der Waals surface area contributed by atoms with E-state index in [1.807, 2.05) is 6.92 Å². The molecule has 0 radical (unpaired) electrons. The fourth-order valence-corrected chi connectivity index (χ4v) is 3.83. The quantitative estimate of drug-likeness (QED) is 0.658. The maximum atomic E-state index is 12.7. The third kappa shape index (κ3) is 5.32. The molecular formula is C19H23BrN2O3S. The molecular weight excluding hydrogens is 416 g/mol. The second kappa shape index (κ2) is 9.19. The molecule has 2 rings (SSSR count). The molecule has 1 N–H and O–H groups in total. The topological polar surface area (TPSA) is 66.5 Å². The third-order valence-electron chi connectivity index (χ3n) is 3.94. The molecule has 0 aromatic heterocycles. The van der Waals surface area contributed by atoms with Gasteiger partial charge in [0, 0.05) is 28.8 Å². The van der Waals surface area contributed by atoms with Crippen molar-refractivity contribution in [1.29, 1.82) is 0 Å². The largest absolute Gasteiger partial charge is 0.339 e. The van der Waals surface area contributed by atoms with Crippen molar-refractivity contribution in [3.05, 3.63) is 58.6 Å². The van der Waals surface area contributed by atoms with Crippen molar-refractivity contribution >= 4 is 37.5 Å². The first kappa shape index (κ1) is 20.5. The Hall–Kier alpha value is -1.86. The SMILES string of the molecule is CCCCN(CC)C(=O)c1cccc(S(=O)(=O)Nc2ccc(Br)cc2)c1. The van der Waals surface area contributed by atoms with Gasteiger partial charge >= 0.3 is 0 Å². The lowest BCUT2D eigenvalue weighted by Crippen LogP contribution is -2.31. The highest BCUT2D eigenvalue weighted by Crippen LogP contribution is 2.20. The first-order valence-corrected chi connectivity index (χ1v) is 10.8. The normalized spacial score (nSPS) is 11.2. The van der Waals surface area contributed by atoms with Crippen LogP contribution >= 0.6 is 15.9 Å². The molecule has 26 heavy (non-hydrogen) atoms. The van der Waals surface area contributed by atoms with Crippen LogP contribution in [0.3, 0.4) is 0 Å². The van der Waals surface area contributed by atoms with Gasteiger partial charge in [-0.15, -0.1) is 0 Å². The first-order valence-electron chi connectivity index (χ1n) is 8.55. The van der Waals surface area contributed by atoms with Gasteiger partial charge in [0.05, 0.1) is 4.90 Å². The standard InChI is InChI=1S/C19H23BrN2O3S/c1-3-5-13-22(4-2)19(23)15-7-6-8-18(14-15)26(24,25)21-17-11-9-16(20)10-12-17/h6-12,14,21H,3-5,13H2,1-2H3. The van der Waals surface area contributed by atoms with Crippen LogP contribution in [0.1, 0.15) is 37.0 Å². The molecule has 0 heterocycles. The van der Waals surface area contributed by atoms with E-state index in [1.54, 1.807) is 41.3 Å². The summed E-state index contributed by atoms with van der Waals surface area (Å²) in [7, 11) is -3.77. The minimum absolute atomic E-state index is 0.0674. The summed E-state index contributed by atoms with van der Waals surface area (Å²) < 4.78 is 28.6. The fourth-order valence-electron chi connectivity index (χ4n) is 2.46. The summed E-state index contributed by atoms with van der Waals surface area (Å²) in [5.74, 6) is -0.151. The van der Waals surface area contributed by atoms with Crippen molar-refractivity contribution in [3.63, 3.8) is 0 Å². The second-order valence-corrected chi connectivity index (χ2v) is 8.48. The van der Waals surface area contributed by atoms with Crippen molar-refractivity contribution in [3.8, 4) is 0 Å². The van der Waals surface area contributed by atoms with Crippen LogP contribution < -0.4 is 4.72 Å². The highest BCUT2D eigenvalue weighted by molar-refractivity contribution is 9.10. The Morgan fingerprint density at radius 2 is 1.81 bits per heavy atom. The maximum absolute atomic E-state index is 12.7. The molecule has 0 bridgehead atoms. The van der Waals surface area contributed by atoms with Gasteiger partial charge in [0.1, 0.15) is 0 Å². The van der Waals surface area contributed by atoms with Crippen molar-refractivity contribution in [2.45, 2.75) is 31.6 Å². The van der Waals surface area contributed by atoms with Crippen LogP contribution in [0.5, 0.6) is 0 Å². The number of anilines is 1. The summed E-state index contributed by atoms with van der Waals surface area (Å²) in [6.45, 7) is 5.25. The zero-order valence-electron chi connectivity index (χ0n) is 14.9. The van der Waals surface area contributed by atoms with E-state index >= 15 is 0 Å². The Morgan fingerprint density at radius 1 is 1.12 bits per heavy atom. The predicted octanol–water partition coefficient (Wildman–Crippen LogP) is 4.51. The van der Waals surface area contributed by atoms with E-state index < -0.39 is 10.0 Å². The summed E-state index contributed by atoms with van der Waals surface area (Å²) in [5.41, 5.74) is 0.838. The van der Waals surface area contributed by atoms with Gasteiger partial charge in [-0.05, 0) is 55.8 Å². The minimum atomic E-state index is -3.77. The summed E-state index contributed by atoms with van der Waals surface area (Å²) in [4.78, 5) is 14.5. The zero-order valence-corrected chi connectivity index (χ0v) is 17.3. The molecule has 5 nitrogen and oxygen atoms in total. The third-order valence-corrected chi connectivity index (χ3v) is 5.85. The van der Waals surface area contributed by atoms with Gasteiger partial charge in [-0.25, -0.2) is 8.42 Å². The number of hydrogen-bond donors (Lipinski definition) is 1. The highest BCUT2D eigenvalue weighted by Gasteiger charge is 2.19. The lowest BCUT2D eigenvalue weighted by atomic mass is 10.2. The van der Waals surface area contributed by atoms with Crippen LogP contribution in [0.4, 0.5) is 5.69 Å². The average Bonchev–Trinajstić information content (AvgIpc) is 2.64. The highest BCUT2D eigenvalue weighted by atomic mass is 79.9. The van der Waals surface area contributed by atoms with Crippen LogP contribution in [-0.4, -0.2) is 32.3 Å². The van der Waals surface area contributed by atoms with Crippen molar-refractivity contribution in [2.75, 3.05) is 17.8 Å². The average molecular weight is 439 g/mol. The fraction of sp³-hybridized carbons (Fsp3) is 0.316. The lowest BCUT2D eigenvalue weighted by molar-refractivity contribution is 0.0762. The number of carbonyl (C=O) groups is 1. The Bertz CT molecular complexity index is 851. The van der Waals surface area contributed by atoms with Gasteiger partial charge < -0.3 is 4.90 Å². The van der Waals surface area contributed by atoms with Crippen molar-refractivity contribution < 1.29 is 13.2 Å². The summed E-state index contributed by atoms with van der Waals surface area (Å²) >= 11 is 3.31. The summed E-state index contributed by atoms with van der Waals surface area (Å²) in [6.07, 6.45) is 1.91. The van der Waals surface area contributed by atoms with Crippen molar-refractivity contribution in [1.82, 2.24) is 4.90 Å². The number of benzene rings is 2. The Labute approximate surface area is 163 Å². The molecule has 0 saturated heterocycles. The Kier molecular flexibility index (Phi) is 7.23. The van der Waals surface area contributed by atoms with Crippen LogP contribution in [0, 0.1) is 0 Å². The maximum Gasteiger partial charge on any atom is 0.261 e. The molecule has 140 valence electrons. The number of nitrogens with zero attached hydrogens (tertiary/aromatic N) is 1. The van der Waals surface area contributed by atoms with E-state index in [1.165, 1.54) is 12.1 Å². The van der Waals surface area contributed by atoms with Gasteiger partial charge in [-0.3, -0.25) is 9.52 Å². The van der Waals surface area contributed by atoms with Gasteiger partial charge in [-0.2, -0.15) is 0 Å². The number of unbranched alkanes of at least 4 members (excludes halogenated alkanes) is 1. The minimum Gasteiger partial charge on any atom is -0.339 e. The van der Waals surface area contributed by atoms with Crippen LogP contribution in [0.25, 0.3) is 0 Å². The molecule has 0 aliphatic rings. The van der Waals surface area contributed by atoms with Gasteiger partial charge in [0.15, 0.2) is 0 Å². The zero-order chi connectivity index (χ0) is 19.2. The predicted molar refractivity (Wildman–Crippen MR) is 108 cm³/mol. The number of halogens is 1. The molecule has 0 fully saturated rings. The van der Waals surface area contributed by atoms with Crippen LogP contribution in [0.2, 0.25) is 0 Å². The lowest BCUT2D eigenvalue weighted by Gasteiger charge is -2.21. The molecule has 0 saturated carbocycles. The van der Waals surface area contributed by atoms with Crippen LogP contribution in [0.15, 0.2) is 57.9 Å². The number of hydrogen-bond acceptors (Lipinski definition) is 3. The molecule has 0 spiro atoms. The molecule has 0 atom stereocenters. The first-order chi connectivity index (χ1) is 12.4. The molecule has 0 aliphatic heterocycles. The number of rotatable bonds is 8. The van der Waals surface area contributed by atoms with E-state index in [4.69, 9.17) is 0 Å². The van der Waals surface area contributed by atoms with E-state index in [2.05, 4.69) is 27.6 Å². The number of sulfonamides is 1. The number of carbonyl (C=O) groups excluding carboxylic acids is 1. The Balaban J connectivity index is 2.24. The van der Waals surface area contributed by atoms with E-state index in [0.717, 1.165) is 17.3 Å². The molecule has 0 aliphatic carbocycles. The molecule has 2 aromatic rings. The number of nitrogens with one attached hydrogen (secondary N) is 1. The molecule has 1 amide bonds. The van der Waals surface area contributed by atoms with E-state index in [9.17, 15) is 13.2 Å². The van der Waals surface area contributed by atoms with Gasteiger partial charge in [-0.1, -0.05) is 35.3 Å². The van der Waals surface area contributed by atoms with E-state index in [-0.39, 0.29) is 10.8 Å². The molecule has 0 unspecified atom stereocenters. The summed E-state index contributed by atoms with van der Waals surface area (Å²) in [6, 6.07) is 13.0. The Morgan fingerprint density at radius 3 is 2.42 bits per heavy atom. The van der Waals surface area contributed by atoms with Crippen molar-refractivity contribution in [2.24, 2.45) is 0 Å². The van der Waals surface area contributed by atoms with E-state index in [0.29, 0.717) is 24.3 Å². The smallest absolute Gasteiger partial charge is 0.261 e. The summed E-state index contributed by atoms with van der Waals surface area (Å²) in [5, 5.41) is 0. The van der Waals surface area contributed by atoms with Gasteiger partial charge in [0.25, 0.3) is 15.9 Å². The molecule has 2 aromatic carbocycles. The molecule has 7 heteroatoms. The van der Waals surface area contributed by atoms with Gasteiger partial charge in [0.2, 0.25) is 0 Å². The second-order valence-electron chi connectivity index (χ2n) is 5.88. The van der Waals surface area contributed by atoms with Crippen LogP contribution in [-0.2, 0) is 10.0 Å². The monoisotopic (exact) mass is 438 g/mol. The number of amides is 1.